The number of benzene rings is 1. The molecular formula is C22H29F3N4O3. The van der Waals surface area contributed by atoms with Crippen molar-refractivity contribution >= 4 is 11.9 Å². The van der Waals surface area contributed by atoms with Crippen LogP contribution in [0.5, 0.6) is 5.75 Å². The van der Waals surface area contributed by atoms with E-state index in [4.69, 9.17) is 4.74 Å². The van der Waals surface area contributed by atoms with Crippen LogP contribution >= 0.6 is 0 Å². The minimum Gasteiger partial charge on any atom is -0.444 e. The minimum atomic E-state index is -4.73. The quantitative estimate of drug-likeness (QED) is 0.659. The zero-order valence-corrected chi connectivity index (χ0v) is 19.2. The van der Waals surface area contributed by atoms with Crippen molar-refractivity contribution in [2.75, 3.05) is 24.5 Å². The summed E-state index contributed by atoms with van der Waals surface area (Å²) in [7, 11) is 0. The molecule has 1 aliphatic heterocycles. The molecule has 32 heavy (non-hydrogen) atoms. The summed E-state index contributed by atoms with van der Waals surface area (Å²) in [6.45, 7) is 13.0. The van der Waals surface area contributed by atoms with Gasteiger partial charge in [-0.15, -0.1) is 13.2 Å². The van der Waals surface area contributed by atoms with E-state index in [0.717, 1.165) is 11.5 Å². The Balaban J connectivity index is 1.74. The van der Waals surface area contributed by atoms with Gasteiger partial charge in [0.2, 0.25) is 0 Å². The van der Waals surface area contributed by atoms with Crippen LogP contribution in [0.3, 0.4) is 0 Å². The number of alkyl halides is 3. The molecular weight excluding hydrogens is 425 g/mol. The summed E-state index contributed by atoms with van der Waals surface area (Å²) in [5.74, 6) is 0.446. The summed E-state index contributed by atoms with van der Waals surface area (Å²) < 4.78 is 48.3. The third-order valence-electron chi connectivity index (χ3n) is 5.03. The Morgan fingerprint density at radius 1 is 1.09 bits per heavy atom. The van der Waals surface area contributed by atoms with Crippen LogP contribution in [0.25, 0.3) is 5.69 Å². The molecule has 10 heteroatoms. The number of hydrogen-bond donors (Lipinski definition) is 0. The van der Waals surface area contributed by atoms with Crippen LogP contribution in [0.4, 0.5) is 23.8 Å². The fourth-order valence-corrected chi connectivity index (χ4v) is 3.67. The first-order valence-corrected chi connectivity index (χ1v) is 10.3. The van der Waals surface area contributed by atoms with Gasteiger partial charge in [0.05, 0.1) is 11.2 Å². The van der Waals surface area contributed by atoms with E-state index < -0.39 is 17.5 Å². The van der Waals surface area contributed by atoms with E-state index in [1.807, 2.05) is 47.6 Å². The van der Waals surface area contributed by atoms with Crippen molar-refractivity contribution < 1.29 is 27.4 Å². The van der Waals surface area contributed by atoms with Crippen LogP contribution in [-0.2, 0) is 4.74 Å². The van der Waals surface area contributed by atoms with Gasteiger partial charge >= 0.3 is 12.5 Å². The van der Waals surface area contributed by atoms with Crippen molar-refractivity contribution in [1.29, 1.82) is 0 Å². The number of piperazine rings is 1. The SMILES string of the molecule is Cc1cc(N2CCN(C(=O)OC(C)(C)C)C(C)(C)C2)nn1-c1ccc(OC(F)(F)F)cc1. The van der Waals surface area contributed by atoms with Crippen molar-refractivity contribution in [2.24, 2.45) is 0 Å². The van der Waals surface area contributed by atoms with Crippen LogP contribution in [0.15, 0.2) is 30.3 Å². The van der Waals surface area contributed by atoms with E-state index in [2.05, 4.69) is 14.7 Å². The third kappa shape index (κ3) is 5.66. The predicted octanol–water partition coefficient (Wildman–Crippen LogP) is 4.92. The lowest BCUT2D eigenvalue weighted by molar-refractivity contribution is -0.274. The van der Waals surface area contributed by atoms with E-state index in [1.54, 1.807) is 9.58 Å². The zero-order chi connectivity index (χ0) is 23.9. The number of halogens is 3. The molecule has 0 N–H and O–H groups in total. The van der Waals surface area contributed by atoms with E-state index in [0.29, 0.717) is 25.3 Å². The smallest absolute Gasteiger partial charge is 0.444 e. The predicted molar refractivity (Wildman–Crippen MR) is 114 cm³/mol. The number of hydrogen-bond acceptors (Lipinski definition) is 5. The second-order valence-corrected chi connectivity index (χ2v) is 9.46. The number of carbonyl (C=O) groups is 1. The molecule has 0 radical (unpaired) electrons. The highest BCUT2D eigenvalue weighted by molar-refractivity contribution is 5.70. The van der Waals surface area contributed by atoms with Gasteiger partial charge in [0.25, 0.3) is 0 Å². The van der Waals surface area contributed by atoms with Crippen LogP contribution in [0.2, 0.25) is 0 Å². The van der Waals surface area contributed by atoms with E-state index in [1.165, 1.54) is 24.3 Å². The highest BCUT2D eigenvalue weighted by atomic mass is 19.4. The Morgan fingerprint density at radius 3 is 2.25 bits per heavy atom. The molecule has 0 unspecified atom stereocenters. The summed E-state index contributed by atoms with van der Waals surface area (Å²) in [5.41, 5.74) is 0.405. The number of ether oxygens (including phenoxy) is 2. The molecule has 1 saturated heterocycles. The molecule has 0 spiro atoms. The Kier molecular flexibility index (Phi) is 6.10. The molecule has 1 fully saturated rings. The molecule has 0 atom stereocenters. The maximum absolute atomic E-state index is 12.6. The van der Waals surface area contributed by atoms with Gasteiger partial charge in [-0.2, -0.15) is 5.10 Å². The van der Waals surface area contributed by atoms with Crippen molar-refractivity contribution in [3.8, 4) is 11.4 Å². The lowest BCUT2D eigenvalue weighted by Gasteiger charge is -2.47. The minimum absolute atomic E-state index is 0.286. The van der Waals surface area contributed by atoms with Crippen molar-refractivity contribution in [3.63, 3.8) is 0 Å². The molecule has 2 heterocycles. The van der Waals surface area contributed by atoms with Gasteiger partial charge in [-0.25, -0.2) is 9.48 Å². The second kappa shape index (κ2) is 8.22. The summed E-state index contributed by atoms with van der Waals surface area (Å²) in [5, 5.41) is 4.65. The monoisotopic (exact) mass is 454 g/mol. The molecule has 7 nitrogen and oxygen atoms in total. The molecule has 1 aromatic heterocycles. The molecule has 2 aromatic rings. The average Bonchev–Trinajstić information content (AvgIpc) is 3.00. The van der Waals surface area contributed by atoms with Crippen LogP contribution in [0, 0.1) is 6.92 Å². The van der Waals surface area contributed by atoms with Gasteiger partial charge in [0.1, 0.15) is 11.4 Å². The largest absolute Gasteiger partial charge is 0.573 e. The molecule has 0 bridgehead atoms. The number of nitrogens with zero attached hydrogens (tertiary/aromatic N) is 4. The number of anilines is 1. The number of aromatic nitrogens is 2. The molecule has 0 saturated carbocycles. The summed E-state index contributed by atoms with van der Waals surface area (Å²) >= 11 is 0. The maximum atomic E-state index is 12.6. The second-order valence-electron chi connectivity index (χ2n) is 9.46. The molecule has 3 rings (SSSR count). The summed E-state index contributed by atoms with van der Waals surface area (Å²) in [4.78, 5) is 16.4. The number of rotatable bonds is 3. The maximum Gasteiger partial charge on any atom is 0.573 e. The average molecular weight is 454 g/mol. The van der Waals surface area contributed by atoms with Crippen molar-refractivity contribution in [1.82, 2.24) is 14.7 Å². The van der Waals surface area contributed by atoms with Gasteiger partial charge in [0, 0.05) is 31.4 Å². The number of amides is 1. The Bertz CT molecular complexity index is 962. The fourth-order valence-electron chi connectivity index (χ4n) is 3.67. The first-order chi connectivity index (χ1) is 14.6. The molecule has 1 amide bonds. The number of aryl methyl sites for hydroxylation is 1. The van der Waals surface area contributed by atoms with E-state index in [-0.39, 0.29) is 11.8 Å². The Labute approximate surface area is 185 Å². The van der Waals surface area contributed by atoms with E-state index in [9.17, 15) is 18.0 Å². The summed E-state index contributed by atoms with van der Waals surface area (Å²) in [6, 6.07) is 7.47. The fraction of sp³-hybridized carbons (Fsp3) is 0.545. The molecule has 0 aliphatic carbocycles. The third-order valence-corrected chi connectivity index (χ3v) is 5.03. The lowest BCUT2D eigenvalue weighted by Crippen LogP contribution is -2.62. The first-order valence-electron chi connectivity index (χ1n) is 10.3. The van der Waals surface area contributed by atoms with Gasteiger partial charge in [-0.3, -0.25) is 4.90 Å². The highest BCUT2D eigenvalue weighted by Gasteiger charge is 2.39. The zero-order valence-electron chi connectivity index (χ0n) is 19.2. The Hall–Kier alpha value is -2.91. The van der Waals surface area contributed by atoms with Gasteiger partial charge in [0.15, 0.2) is 5.82 Å². The topological polar surface area (TPSA) is 59.8 Å². The van der Waals surface area contributed by atoms with E-state index >= 15 is 0 Å². The normalized spacial score (nSPS) is 16.8. The van der Waals surface area contributed by atoms with Crippen LogP contribution < -0.4 is 9.64 Å². The summed E-state index contributed by atoms with van der Waals surface area (Å²) in [6.07, 6.45) is -5.07. The molecule has 1 aliphatic rings. The van der Waals surface area contributed by atoms with Crippen molar-refractivity contribution in [2.45, 2.75) is 59.0 Å². The first kappa shape index (κ1) is 23.7. The van der Waals surface area contributed by atoms with Gasteiger partial charge in [-0.05, 0) is 65.8 Å². The molecule has 176 valence electrons. The lowest BCUT2D eigenvalue weighted by atomic mass is 9.99. The molecule has 1 aromatic carbocycles. The van der Waals surface area contributed by atoms with Crippen LogP contribution in [-0.4, -0.2) is 57.9 Å². The van der Waals surface area contributed by atoms with Crippen molar-refractivity contribution in [3.05, 3.63) is 36.0 Å². The van der Waals surface area contributed by atoms with Crippen LogP contribution in [0.1, 0.15) is 40.3 Å². The standard InChI is InChI=1S/C22H29F3N4O3/c1-15-13-18(26-29(15)16-7-9-17(10-8-16)31-22(23,24)25)27-11-12-28(21(5,6)14-27)19(30)32-20(2,3)4/h7-10,13H,11-12,14H2,1-6H3. The van der Waals surface area contributed by atoms with Gasteiger partial charge < -0.3 is 14.4 Å². The Morgan fingerprint density at radius 2 is 1.72 bits per heavy atom. The number of carbonyl (C=O) groups excluding carboxylic acids is 1. The highest BCUT2D eigenvalue weighted by Crippen LogP contribution is 2.29. The van der Waals surface area contributed by atoms with Gasteiger partial charge in [-0.1, -0.05) is 0 Å².